The van der Waals surface area contributed by atoms with Crippen molar-refractivity contribution in [2.75, 3.05) is 6.61 Å². The first-order valence-electron chi connectivity index (χ1n) is 9.38. The minimum atomic E-state index is -0.756. The Hall–Kier alpha value is -3.80. The fourth-order valence-corrected chi connectivity index (χ4v) is 3.60. The van der Waals surface area contributed by atoms with Crippen molar-refractivity contribution < 1.29 is 14.3 Å². The molecule has 1 aliphatic heterocycles. The maximum Gasteiger partial charge on any atom is 0.284 e. The summed E-state index contributed by atoms with van der Waals surface area (Å²) in [6.07, 6.45) is 2.86. The van der Waals surface area contributed by atoms with E-state index in [0.29, 0.717) is 11.5 Å². The Balaban J connectivity index is 1.30. The molecule has 1 aromatic heterocycles. The quantitative estimate of drug-likeness (QED) is 0.433. The fourth-order valence-electron chi connectivity index (χ4n) is 3.60. The van der Waals surface area contributed by atoms with E-state index in [2.05, 4.69) is 10.5 Å². The number of carbonyl (C=O) groups is 1. The van der Waals surface area contributed by atoms with E-state index in [-0.39, 0.29) is 12.5 Å². The highest BCUT2D eigenvalue weighted by Gasteiger charge is 2.27. The topological polar surface area (TPSA) is 64.9 Å². The van der Waals surface area contributed by atoms with E-state index in [0.717, 1.165) is 27.2 Å². The summed E-state index contributed by atoms with van der Waals surface area (Å²) in [6.45, 7) is 0.140. The Kier molecular flexibility index (Phi) is 4.17. The van der Waals surface area contributed by atoms with Crippen molar-refractivity contribution in [1.29, 1.82) is 0 Å². The van der Waals surface area contributed by atoms with E-state index in [1.807, 2.05) is 78.5 Å². The molecular formula is C23H19N3O3. The number of hydrogen-bond donors (Lipinski definition) is 1. The second-order valence-corrected chi connectivity index (χ2v) is 7.01. The summed E-state index contributed by atoms with van der Waals surface area (Å²) < 4.78 is 13.6. The summed E-state index contributed by atoms with van der Waals surface area (Å²) in [5.41, 5.74) is 4.60. The molecule has 0 bridgehead atoms. The van der Waals surface area contributed by atoms with Crippen LogP contribution in [0.1, 0.15) is 5.56 Å². The number of benzene rings is 3. The molecule has 1 aliphatic rings. The van der Waals surface area contributed by atoms with Gasteiger partial charge in [-0.05, 0) is 29.0 Å². The van der Waals surface area contributed by atoms with Crippen LogP contribution in [0.15, 0.2) is 72.0 Å². The molecule has 1 N–H and O–H groups in total. The van der Waals surface area contributed by atoms with Crippen LogP contribution in [0.4, 0.5) is 0 Å². The Morgan fingerprint density at radius 3 is 2.66 bits per heavy atom. The first kappa shape index (κ1) is 17.3. The van der Waals surface area contributed by atoms with Crippen molar-refractivity contribution in [2.45, 2.75) is 6.10 Å². The predicted octanol–water partition coefficient (Wildman–Crippen LogP) is 3.62. The van der Waals surface area contributed by atoms with Crippen molar-refractivity contribution >= 4 is 33.8 Å². The number of carbonyl (C=O) groups excluding carboxylic acids is 1. The summed E-state index contributed by atoms with van der Waals surface area (Å²) in [6, 6.07) is 19.8. The van der Waals surface area contributed by atoms with Crippen molar-refractivity contribution in [3.05, 3.63) is 72.4 Å². The van der Waals surface area contributed by atoms with Crippen LogP contribution in [0.3, 0.4) is 0 Å². The van der Waals surface area contributed by atoms with Crippen LogP contribution in [0.2, 0.25) is 0 Å². The van der Waals surface area contributed by atoms with Crippen molar-refractivity contribution in [2.24, 2.45) is 12.1 Å². The molecule has 0 unspecified atom stereocenters. The Morgan fingerprint density at radius 2 is 1.83 bits per heavy atom. The van der Waals surface area contributed by atoms with Crippen LogP contribution in [0.5, 0.6) is 11.5 Å². The van der Waals surface area contributed by atoms with Gasteiger partial charge in [0.15, 0.2) is 11.5 Å². The molecule has 1 amide bonds. The number of hydrogen-bond acceptors (Lipinski definition) is 4. The third kappa shape index (κ3) is 3.18. The molecule has 0 fully saturated rings. The molecule has 0 saturated heterocycles. The molecule has 0 aliphatic carbocycles. The maximum atomic E-state index is 12.5. The molecule has 0 radical (unpaired) electrons. The summed E-state index contributed by atoms with van der Waals surface area (Å²) in [5, 5.41) is 7.29. The number of fused-ring (bicyclic) bond motifs is 3. The molecule has 0 saturated carbocycles. The highest BCUT2D eigenvalue weighted by Crippen LogP contribution is 2.35. The normalized spacial score (nSPS) is 15.8. The molecule has 2 heterocycles. The SMILES string of the molecule is Cn1cc(/C=N\NC(=O)[C@H]2COc3cc4ccccc4cc3O2)c2ccccc21. The molecule has 1 atom stereocenters. The monoisotopic (exact) mass is 385 g/mol. The number of aromatic nitrogens is 1. The zero-order valence-corrected chi connectivity index (χ0v) is 15.8. The second-order valence-electron chi connectivity index (χ2n) is 7.01. The van der Waals surface area contributed by atoms with Crippen LogP contribution in [-0.4, -0.2) is 29.4 Å². The van der Waals surface area contributed by atoms with E-state index in [9.17, 15) is 4.79 Å². The lowest BCUT2D eigenvalue weighted by atomic mass is 10.1. The lowest BCUT2D eigenvalue weighted by Crippen LogP contribution is -2.42. The Morgan fingerprint density at radius 1 is 1.10 bits per heavy atom. The largest absolute Gasteiger partial charge is 0.485 e. The van der Waals surface area contributed by atoms with E-state index in [1.54, 1.807) is 6.21 Å². The number of hydrazone groups is 1. The van der Waals surface area contributed by atoms with E-state index in [4.69, 9.17) is 9.47 Å². The van der Waals surface area contributed by atoms with Crippen LogP contribution < -0.4 is 14.9 Å². The predicted molar refractivity (Wildman–Crippen MR) is 113 cm³/mol. The molecule has 0 spiro atoms. The highest BCUT2D eigenvalue weighted by molar-refractivity contribution is 5.99. The van der Waals surface area contributed by atoms with Crippen LogP contribution in [0.25, 0.3) is 21.7 Å². The average Bonchev–Trinajstić information content (AvgIpc) is 3.07. The van der Waals surface area contributed by atoms with Gasteiger partial charge in [-0.3, -0.25) is 4.79 Å². The van der Waals surface area contributed by atoms with Gasteiger partial charge in [0.1, 0.15) is 6.61 Å². The van der Waals surface area contributed by atoms with Crippen molar-refractivity contribution in [3.8, 4) is 11.5 Å². The standard InChI is InChI=1S/C23H19N3O3/c1-26-13-17(18-8-4-5-9-19(18)26)12-24-25-23(27)22-14-28-20-10-15-6-2-3-7-16(15)11-21(20)29-22/h2-13,22H,14H2,1H3,(H,25,27)/b24-12-/t22-/m1/s1. The van der Waals surface area contributed by atoms with Gasteiger partial charge >= 0.3 is 0 Å². The van der Waals surface area contributed by atoms with Crippen molar-refractivity contribution in [3.63, 3.8) is 0 Å². The minimum absolute atomic E-state index is 0.140. The van der Waals surface area contributed by atoms with E-state index >= 15 is 0 Å². The van der Waals surface area contributed by atoms with Gasteiger partial charge in [-0.2, -0.15) is 5.10 Å². The first-order chi connectivity index (χ1) is 14.2. The maximum absolute atomic E-state index is 12.5. The summed E-state index contributed by atoms with van der Waals surface area (Å²) in [7, 11) is 1.98. The third-order valence-corrected chi connectivity index (χ3v) is 5.07. The van der Waals surface area contributed by atoms with Crippen LogP contribution in [0, 0.1) is 0 Å². The van der Waals surface area contributed by atoms with E-state index in [1.165, 1.54) is 0 Å². The van der Waals surface area contributed by atoms with Gasteiger partial charge in [0.05, 0.1) is 6.21 Å². The Bertz CT molecular complexity index is 1260. The molecule has 6 nitrogen and oxygen atoms in total. The van der Waals surface area contributed by atoms with Crippen LogP contribution >= 0.6 is 0 Å². The smallest absolute Gasteiger partial charge is 0.284 e. The van der Waals surface area contributed by atoms with Gasteiger partial charge < -0.3 is 14.0 Å². The van der Waals surface area contributed by atoms with Gasteiger partial charge in [-0.25, -0.2) is 5.43 Å². The van der Waals surface area contributed by atoms with Gasteiger partial charge in [0.2, 0.25) is 6.10 Å². The number of para-hydroxylation sites is 1. The number of aryl methyl sites for hydroxylation is 1. The molecule has 6 heteroatoms. The molecule has 4 aromatic rings. The molecule has 29 heavy (non-hydrogen) atoms. The Labute approximate surface area is 167 Å². The van der Waals surface area contributed by atoms with Crippen molar-refractivity contribution in [1.82, 2.24) is 9.99 Å². The van der Waals surface area contributed by atoms with E-state index < -0.39 is 6.10 Å². The second kappa shape index (κ2) is 6.98. The number of ether oxygens (including phenoxy) is 2. The number of nitrogens with one attached hydrogen (secondary N) is 1. The fraction of sp³-hybridized carbons (Fsp3) is 0.130. The number of nitrogens with zero attached hydrogens (tertiary/aromatic N) is 2. The number of amides is 1. The zero-order valence-electron chi connectivity index (χ0n) is 15.8. The third-order valence-electron chi connectivity index (χ3n) is 5.07. The summed E-state index contributed by atoms with van der Waals surface area (Å²) >= 11 is 0. The zero-order chi connectivity index (χ0) is 19.8. The lowest BCUT2D eigenvalue weighted by Gasteiger charge is -2.25. The molecular weight excluding hydrogens is 366 g/mol. The molecule has 5 rings (SSSR count). The molecule has 3 aromatic carbocycles. The van der Waals surface area contributed by atoms with Crippen LogP contribution in [-0.2, 0) is 11.8 Å². The van der Waals surface area contributed by atoms with Gasteiger partial charge in [-0.1, -0.05) is 42.5 Å². The first-order valence-corrected chi connectivity index (χ1v) is 9.38. The van der Waals surface area contributed by atoms with Gasteiger partial charge in [0, 0.05) is 29.7 Å². The average molecular weight is 385 g/mol. The van der Waals surface area contributed by atoms with Gasteiger partial charge in [-0.15, -0.1) is 0 Å². The van der Waals surface area contributed by atoms with Gasteiger partial charge in [0.25, 0.3) is 5.91 Å². The number of rotatable bonds is 3. The summed E-state index contributed by atoms with van der Waals surface area (Å²) in [4.78, 5) is 12.5. The minimum Gasteiger partial charge on any atom is -0.485 e. The lowest BCUT2D eigenvalue weighted by molar-refractivity contribution is -0.130. The highest BCUT2D eigenvalue weighted by atomic mass is 16.6. The summed E-state index contributed by atoms with van der Waals surface area (Å²) in [5.74, 6) is 0.862. The molecule has 144 valence electrons.